The second-order valence-corrected chi connectivity index (χ2v) is 6.73. The number of anilines is 1. The summed E-state index contributed by atoms with van der Waals surface area (Å²) in [5.41, 5.74) is 1.57. The van der Waals surface area contributed by atoms with Crippen molar-refractivity contribution in [2.45, 2.75) is 13.0 Å². The number of halogens is 1. The maximum atomic E-state index is 12.9. The number of hydrogen-bond donors (Lipinski definition) is 1. The lowest BCUT2D eigenvalue weighted by Crippen LogP contribution is -2.32. The highest BCUT2D eigenvalue weighted by molar-refractivity contribution is 7.18. The molecule has 0 aliphatic heterocycles. The Balaban J connectivity index is 1.63. The van der Waals surface area contributed by atoms with E-state index in [1.807, 2.05) is 43.1 Å². The molecule has 3 aromatic rings. The maximum absolute atomic E-state index is 12.9. The molecule has 1 atom stereocenters. The summed E-state index contributed by atoms with van der Waals surface area (Å²) in [5.74, 6) is -0.466. The van der Waals surface area contributed by atoms with Crippen molar-refractivity contribution in [2.24, 2.45) is 0 Å². The molecule has 0 aliphatic rings. The Labute approximate surface area is 143 Å². The number of thiazole rings is 1. The summed E-state index contributed by atoms with van der Waals surface area (Å²) < 4.78 is 14.0. The topological polar surface area (TPSA) is 45.2 Å². The van der Waals surface area contributed by atoms with Gasteiger partial charge in [-0.3, -0.25) is 9.69 Å². The van der Waals surface area contributed by atoms with Gasteiger partial charge >= 0.3 is 0 Å². The largest absolute Gasteiger partial charge is 0.325 e. The number of benzene rings is 2. The third-order valence-corrected chi connectivity index (χ3v) is 5.06. The van der Waals surface area contributed by atoms with E-state index in [1.54, 1.807) is 23.5 Å². The fourth-order valence-electron chi connectivity index (χ4n) is 2.35. The quantitative estimate of drug-likeness (QED) is 0.760. The molecule has 1 amide bonds. The lowest BCUT2D eigenvalue weighted by atomic mass is 10.3. The van der Waals surface area contributed by atoms with Crippen LogP contribution in [0.4, 0.5) is 10.1 Å². The van der Waals surface area contributed by atoms with Gasteiger partial charge in [0.1, 0.15) is 10.8 Å². The van der Waals surface area contributed by atoms with E-state index in [9.17, 15) is 9.18 Å². The van der Waals surface area contributed by atoms with Gasteiger partial charge in [0.05, 0.1) is 22.8 Å². The molecule has 0 saturated carbocycles. The molecule has 0 radical (unpaired) electrons. The van der Waals surface area contributed by atoms with E-state index in [0.717, 1.165) is 15.2 Å². The number of amides is 1. The van der Waals surface area contributed by atoms with Crippen LogP contribution in [0.5, 0.6) is 0 Å². The van der Waals surface area contributed by atoms with E-state index in [0.29, 0.717) is 5.69 Å². The number of rotatable bonds is 5. The number of fused-ring (bicyclic) bond motifs is 1. The summed E-state index contributed by atoms with van der Waals surface area (Å²) in [6, 6.07) is 13.8. The first-order valence-electron chi connectivity index (χ1n) is 7.64. The summed E-state index contributed by atoms with van der Waals surface area (Å²) in [7, 11) is 1.89. The number of nitrogens with zero attached hydrogens (tertiary/aromatic N) is 2. The molecule has 124 valence electrons. The second kappa shape index (κ2) is 7.07. The van der Waals surface area contributed by atoms with Crippen LogP contribution >= 0.6 is 11.3 Å². The van der Waals surface area contributed by atoms with Gasteiger partial charge in [-0.25, -0.2) is 9.37 Å². The van der Waals surface area contributed by atoms with Gasteiger partial charge in [0.15, 0.2) is 0 Å². The third kappa shape index (κ3) is 3.77. The SMILES string of the molecule is C[C@@H](c1nc2ccccc2s1)N(C)CC(=O)Nc1ccc(F)cc1. The van der Waals surface area contributed by atoms with Gasteiger partial charge < -0.3 is 5.32 Å². The molecule has 0 unspecified atom stereocenters. The predicted octanol–water partition coefficient (Wildman–Crippen LogP) is 4.07. The van der Waals surface area contributed by atoms with Crippen LogP contribution in [-0.2, 0) is 4.79 Å². The van der Waals surface area contributed by atoms with Crippen molar-refractivity contribution in [2.75, 3.05) is 18.9 Å². The summed E-state index contributed by atoms with van der Waals surface area (Å²) in [6.45, 7) is 2.26. The molecule has 6 heteroatoms. The average Bonchev–Trinajstić information content (AvgIpc) is 3.00. The molecule has 4 nitrogen and oxygen atoms in total. The molecule has 2 aromatic carbocycles. The van der Waals surface area contributed by atoms with E-state index in [1.165, 1.54) is 12.1 Å². The van der Waals surface area contributed by atoms with Gasteiger partial charge in [0, 0.05) is 5.69 Å². The minimum absolute atomic E-state index is 0.0290. The molecule has 0 bridgehead atoms. The van der Waals surface area contributed by atoms with Gasteiger partial charge in [0.25, 0.3) is 0 Å². The van der Waals surface area contributed by atoms with E-state index >= 15 is 0 Å². The van der Waals surface area contributed by atoms with Crippen molar-refractivity contribution in [3.8, 4) is 0 Å². The highest BCUT2D eigenvalue weighted by Gasteiger charge is 2.18. The van der Waals surface area contributed by atoms with Crippen LogP contribution < -0.4 is 5.32 Å². The number of likely N-dealkylation sites (N-methyl/N-ethyl adjacent to an activating group) is 1. The van der Waals surface area contributed by atoms with Crippen molar-refractivity contribution in [1.29, 1.82) is 0 Å². The van der Waals surface area contributed by atoms with Crippen LogP contribution in [0.3, 0.4) is 0 Å². The smallest absolute Gasteiger partial charge is 0.238 e. The Morgan fingerprint density at radius 2 is 1.96 bits per heavy atom. The van der Waals surface area contributed by atoms with E-state index in [-0.39, 0.29) is 24.3 Å². The standard InChI is InChI=1S/C18H18FN3OS/c1-12(18-21-15-5-3-4-6-16(15)24-18)22(2)11-17(23)20-14-9-7-13(19)8-10-14/h3-10,12H,11H2,1-2H3,(H,20,23)/t12-/m0/s1. The Morgan fingerprint density at radius 3 is 2.67 bits per heavy atom. The van der Waals surface area contributed by atoms with E-state index < -0.39 is 0 Å². The molecule has 0 spiro atoms. The van der Waals surface area contributed by atoms with Crippen LogP contribution in [0.25, 0.3) is 10.2 Å². The minimum atomic E-state index is -0.324. The Morgan fingerprint density at radius 1 is 1.25 bits per heavy atom. The highest BCUT2D eigenvalue weighted by Crippen LogP contribution is 2.28. The molecule has 1 N–H and O–H groups in total. The zero-order valence-corrected chi connectivity index (χ0v) is 14.3. The van der Waals surface area contributed by atoms with Crippen LogP contribution in [0.1, 0.15) is 18.0 Å². The molecular weight excluding hydrogens is 325 g/mol. The van der Waals surface area contributed by atoms with Crippen molar-refractivity contribution in [3.05, 3.63) is 59.4 Å². The lowest BCUT2D eigenvalue weighted by molar-refractivity contribution is -0.117. The van der Waals surface area contributed by atoms with Gasteiger partial charge in [0.2, 0.25) is 5.91 Å². The number of para-hydroxylation sites is 1. The fourth-order valence-corrected chi connectivity index (χ4v) is 3.44. The molecular formula is C18H18FN3OS. The lowest BCUT2D eigenvalue weighted by Gasteiger charge is -2.22. The first kappa shape index (κ1) is 16.5. The number of aromatic nitrogens is 1. The zero-order chi connectivity index (χ0) is 17.1. The van der Waals surface area contributed by atoms with Crippen LogP contribution in [0, 0.1) is 5.82 Å². The van der Waals surface area contributed by atoms with Crippen LogP contribution in [-0.4, -0.2) is 29.4 Å². The predicted molar refractivity (Wildman–Crippen MR) is 95.7 cm³/mol. The fraction of sp³-hybridized carbons (Fsp3) is 0.222. The molecule has 1 aromatic heterocycles. The van der Waals surface area contributed by atoms with Crippen LogP contribution in [0.2, 0.25) is 0 Å². The summed E-state index contributed by atoms with van der Waals surface area (Å²) in [6.07, 6.45) is 0. The van der Waals surface area contributed by atoms with E-state index in [4.69, 9.17) is 0 Å². The summed E-state index contributed by atoms with van der Waals surface area (Å²) in [5, 5.41) is 3.75. The molecule has 0 aliphatic carbocycles. The monoisotopic (exact) mass is 343 g/mol. The first-order chi connectivity index (χ1) is 11.5. The van der Waals surface area contributed by atoms with Gasteiger partial charge in [-0.05, 0) is 50.4 Å². The zero-order valence-electron chi connectivity index (χ0n) is 13.5. The van der Waals surface area contributed by atoms with Gasteiger partial charge in [-0.15, -0.1) is 11.3 Å². The number of nitrogens with one attached hydrogen (secondary N) is 1. The average molecular weight is 343 g/mol. The molecule has 24 heavy (non-hydrogen) atoms. The normalized spacial score (nSPS) is 12.5. The Kier molecular flexibility index (Phi) is 4.87. The molecule has 0 fully saturated rings. The Hall–Kier alpha value is -2.31. The van der Waals surface area contributed by atoms with Crippen molar-refractivity contribution in [3.63, 3.8) is 0 Å². The summed E-state index contributed by atoms with van der Waals surface area (Å²) in [4.78, 5) is 18.7. The summed E-state index contributed by atoms with van der Waals surface area (Å²) >= 11 is 1.64. The minimum Gasteiger partial charge on any atom is -0.325 e. The van der Waals surface area contributed by atoms with Crippen LogP contribution in [0.15, 0.2) is 48.5 Å². The van der Waals surface area contributed by atoms with Crippen molar-refractivity contribution >= 4 is 33.1 Å². The molecule has 0 saturated heterocycles. The van der Waals surface area contributed by atoms with Gasteiger partial charge in [-0.2, -0.15) is 0 Å². The molecule has 3 rings (SSSR count). The van der Waals surface area contributed by atoms with E-state index in [2.05, 4.69) is 10.3 Å². The van der Waals surface area contributed by atoms with Gasteiger partial charge in [-0.1, -0.05) is 12.1 Å². The second-order valence-electron chi connectivity index (χ2n) is 5.67. The van der Waals surface area contributed by atoms with Crippen molar-refractivity contribution < 1.29 is 9.18 Å². The highest BCUT2D eigenvalue weighted by atomic mass is 32.1. The maximum Gasteiger partial charge on any atom is 0.238 e. The third-order valence-electron chi connectivity index (χ3n) is 3.85. The first-order valence-corrected chi connectivity index (χ1v) is 8.46. The van der Waals surface area contributed by atoms with Crippen molar-refractivity contribution in [1.82, 2.24) is 9.88 Å². The Bertz CT molecular complexity index is 814. The number of carbonyl (C=O) groups is 1. The number of hydrogen-bond acceptors (Lipinski definition) is 4. The number of carbonyl (C=O) groups excluding carboxylic acids is 1. The molecule has 1 heterocycles.